The number of nitrogens with one attached hydrogen (secondary N) is 2. The minimum absolute atomic E-state index is 0.0436. The first-order valence-corrected chi connectivity index (χ1v) is 8.42. The molecular weight excluding hydrogens is 389 g/mol. The molecule has 0 aromatic heterocycles. The van der Waals surface area contributed by atoms with E-state index in [4.69, 9.17) is 0 Å². The number of hydrogen-bond donors (Lipinski definition) is 2. The van der Waals surface area contributed by atoms with Crippen molar-refractivity contribution in [3.63, 3.8) is 0 Å². The van der Waals surface area contributed by atoms with E-state index in [9.17, 15) is 22.8 Å². The molecule has 1 saturated carbocycles. The van der Waals surface area contributed by atoms with Crippen LogP contribution < -0.4 is 10.6 Å². The number of amides is 2. The Hall–Kier alpha value is -1.57. The fraction of sp³-hybridized carbons (Fsp3) is 0.500. The number of rotatable bonds is 4. The highest BCUT2D eigenvalue weighted by atomic mass is 79.9. The maximum atomic E-state index is 12.7. The Labute approximate surface area is 146 Å². The number of halogens is 4. The van der Waals surface area contributed by atoms with Gasteiger partial charge in [-0.25, -0.2) is 0 Å². The highest BCUT2D eigenvalue weighted by Crippen LogP contribution is 2.34. The summed E-state index contributed by atoms with van der Waals surface area (Å²) >= 11 is 3.05. The van der Waals surface area contributed by atoms with Gasteiger partial charge in [0.1, 0.15) is 6.04 Å². The minimum Gasteiger partial charge on any atom is -0.344 e. The van der Waals surface area contributed by atoms with Gasteiger partial charge in [0.15, 0.2) is 0 Å². The van der Waals surface area contributed by atoms with Crippen LogP contribution in [0.5, 0.6) is 0 Å². The highest BCUT2D eigenvalue weighted by molar-refractivity contribution is 9.10. The Bertz CT molecular complexity index is 628. The molecule has 1 fully saturated rings. The average molecular weight is 407 g/mol. The van der Waals surface area contributed by atoms with Gasteiger partial charge < -0.3 is 10.6 Å². The van der Waals surface area contributed by atoms with Crippen LogP contribution in [-0.2, 0) is 15.8 Å². The van der Waals surface area contributed by atoms with E-state index >= 15 is 0 Å². The van der Waals surface area contributed by atoms with Crippen molar-refractivity contribution in [2.24, 2.45) is 5.92 Å². The number of alkyl halides is 3. The Morgan fingerprint density at radius 1 is 1.25 bits per heavy atom. The molecule has 1 atom stereocenters. The van der Waals surface area contributed by atoms with Gasteiger partial charge >= 0.3 is 6.18 Å². The molecule has 2 amide bonds. The van der Waals surface area contributed by atoms with Crippen LogP contribution in [0.3, 0.4) is 0 Å². The molecule has 1 aliphatic carbocycles. The number of carbonyl (C=O) groups is 2. The summed E-state index contributed by atoms with van der Waals surface area (Å²) in [6, 6.07) is 2.34. The van der Waals surface area contributed by atoms with E-state index in [0.717, 1.165) is 37.8 Å². The van der Waals surface area contributed by atoms with Crippen molar-refractivity contribution in [2.75, 3.05) is 5.32 Å². The van der Waals surface area contributed by atoms with Crippen LogP contribution in [0.25, 0.3) is 0 Å². The second-order valence-electron chi connectivity index (χ2n) is 5.90. The maximum Gasteiger partial charge on any atom is 0.416 e. The molecule has 0 bridgehead atoms. The van der Waals surface area contributed by atoms with Crippen molar-refractivity contribution in [1.82, 2.24) is 5.32 Å². The van der Waals surface area contributed by atoms with E-state index in [0.29, 0.717) is 0 Å². The standard InChI is InChI=1S/C16H18BrF3N2O2/c1-9(23)21-14(10-4-2-3-5-10)15(24)22-13-7-6-11(8-12(13)17)16(18,19)20/h6-8,10,14H,2-5H2,1H3,(H,21,23)(H,22,24)/t14-/m1/s1. The predicted octanol–water partition coefficient (Wildman–Crippen LogP) is 4.10. The fourth-order valence-electron chi connectivity index (χ4n) is 2.91. The zero-order valence-electron chi connectivity index (χ0n) is 13.0. The Balaban J connectivity index is 2.15. The van der Waals surface area contributed by atoms with E-state index in [1.54, 1.807) is 0 Å². The van der Waals surface area contributed by atoms with E-state index < -0.39 is 23.7 Å². The van der Waals surface area contributed by atoms with Gasteiger partial charge in [-0.1, -0.05) is 12.8 Å². The van der Waals surface area contributed by atoms with Crippen LogP contribution in [0, 0.1) is 5.92 Å². The smallest absolute Gasteiger partial charge is 0.344 e. The number of benzene rings is 1. The highest BCUT2D eigenvalue weighted by Gasteiger charge is 2.33. The molecule has 0 saturated heterocycles. The Morgan fingerprint density at radius 3 is 2.38 bits per heavy atom. The van der Waals surface area contributed by atoms with Crippen molar-refractivity contribution >= 4 is 33.4 Å². The second kappa shape index (κ2) is 7.55. The van der Waals surface area contributed by atoms with Gasteiger partial charge in [0, 0.05) is 11.4 Å². The maximum absolute atomic E-state index is 12.7. The largest absolute Gasteiger partial charge is 0.416 e. The summed E-state index contributed by atoms with van der Waals surface area (Å²) in [6.07, 6.45) is -0.775. The van der Waals surface area contributed by atoms with Gasteiger partial charge in [0.25, 0.3) is 0 Å². The summed E-state index contributed by atoms with van der Waals surface area (Å²) in [4.78, 5) is 23.9. The zero-order chi connectivity index (χ0) is 17.9. The molecule has 0 heterocycles. The molecule has 0 unspecified atom stereocenters. The molecule has 1 aromatic carbocycles. The molecule has 0 radical (unpaired) electrons. The molecule has 8 heteroatoms. The van der Waals surface area contributed by atoms with E-state index in [-0.39, 0.29) is 22.0 Å². The predicted molar refractivity (Wildman–Crippen MR) is 87.3 cm³/mol. The first kappa shape index (κ1) is 18.8. The van der Waals surface area contributed by atoms with Crippen molar-refractivity contribution in [3.05, 3.63) is 28.2 Å². The minimum atomic E-state index is -4.45. The SMILES string of the molecule is CC(=O)N[C@@H](C(=O)Nc1ccc(C(F)(F)F)cc1Br)C1CCCC1. The summed E-state index contributed by atoms with van der Waals surface area (Å²) in [5.74, 6) is -0.687. The van der Waals surface area contributed by atoms with Crippen LogP contribution >= 0.6 is 15.9 Å². The monoisotopic (exact) mass is 406 g/mol. The lowest BCUT2D eigenvalue weighted by atomic mass is 9.97. The lowest BCUT2D eigenvalue weighted by molar-refractivity contribution is -0.137. The molecule has 2 rings (SSSR count). The van der Waals surface area contributed by atoms with Crippen LogP contribution in [-0.4, -0.2) is 17.9 Å². The van der Waals surface area contributed by atoms with Gasteiger partial charge in [-0.3, -0.25) is 9.59 Å². The summed E-state index contributed by atoms with van der Waals surface area (Å²) in [5, 5.41) is 5.25. The van der Waals surface area contributed by atoms with Crippen LogP contribution in [0.1, 0.15) is 38.2 Å². The van der Waals surface area contributed by atoms with Gasteiger partial charge in [0.05, 0.1) is 11.3 Å². The van der Waals surface area contributed by atoms with Gasteiger partial charge in [-0.15, -0.1) is 0 Å². The van der Waals surface area contributed by atoms with Crippen LogP contribution in [0.4, 0.5) is 18.9 Å². The Kier molecular flexibility index (Phi) is 5.90. The lowest BCUT2D eigenvalue weighted by Crippen LogP contribution is -2.47. The summed E-state index contributed by atoms with van der Waals surface area (Å²) < 4.78 is 38.2. The van der Waals surface area contributed by atoms with E-state index in [1.165, 1.54) is 13.0 Å². The van der Waals surface area contributed by atoms with Crippen LogP contribution in [0.2, 0.25) is 0 Å². The molecule has 2 N–H and O–H groups in total. The second-order valence-corrected chi connectivity index (χ2v) is 6.76. The molecular formula is C16H18BrF3N2O2. The summed E-state index contributed by atoms with van der Waals surface area (Å²) in [7, 11) is 0. The van der Waals surface area contributed by atoms with Crippen molar-refractivity contribution < 1.29 is 22.8 Å². The summed E-state index contributed by atoms with van der Waals surface area (Å²) in [5.41, 5.74) is -0.567. The molecule has 1 aromatic rings. The molecule has 24 heavy (non-hydrogen) atoms. The van der Waals surface area contributed by atoms with E-state index in [2.05, 4.69) is 26.6 Å². The van der Waals surface area contributed by atoms with Crippen molar-refractivity contribution in [1.29, 1.82) is 0 Å². The van der Waals surface area contributed by atoms with Gasteiger partial charge in [-0.05, 0) is 52.9 Å². The molecule has 1 aliphatic rings. The zero-order valence-corrected chi connectivity index (χ0v) is 14.6. The quantitative estimate of drug-likeness (QED) is 0.790. The first-order chi connectivity index (χ1) is 11.2. The average Bonchev–Trinajstić information content (AvgIpc) is 2.99. The molecule has 132 valence electrons. The van der Waals surface area contributed by atoms with E-state index in [1.807, 2.05) is 0 Å². The fourth-order valence-corrected chi connectivity index (χ4v) is 3.39. The first-order valence-electron chi connectivity index (χ1n) is 7.63. The molecule has 4 nitrogen and oxygen atoms in total. The number of anilines is 1. The third-order valence-corrected chi connectivity index (χ3v) is 4.72. The summed E-state index contributed by atoms with van der Waals surface area (Å²) in [6.45, 7) is 1.34. The number of hydrogen-bond acceptors (Lipinski definition) is 2. The molecule has 0 aliphatic heterocycles. The van der Waals surface area contributed by atoms with Crippen LogP contribution in [0.15, 0.2) is 22.7 Å². The normalized spacial score (nSPS) is 16.7. The number of carbonyl (C=O) groups excluding carboxylic acids is 2. The topological polar surface area (TPSA) is 58.2 Å². The van der Waals surface area contributed by atoms with Crippen molar-refractivity contribution in [2.45, 2.75) is 44.8 Å². The lowest BCUT2D eigenvalue weighted by Gasteiger charge is -2.23. The van der Waals surface area contributed by atoms with Gasteiger partial charge in [-0.2, -0.15) is 13.2 Å². The molecule has 0 spiro atoms. The van der Waals surface area contributed by atoms with Crippen molar-refractivity contribution in [3.8, 4) is 0 Å². The Morgan fingerprint density at radius 2 is 1.88 bits per heavy atom. The third-order valence-electron chi connectivity index (χ3n) is 4.07. The third kappa shape index (κ3) is 4.72. The van der Waals surface area contributed by atoms with Gasteiger partial charge in [0.2, 0.25) is 11.8 Å².